The van der Waals surface area contributed by atoms with Crippen LogP contribution in [0.15, 0.2) is 62.6 Å². The molecule has 2 aromatic heterocycles. The molecule has 0 saturated heterocycles. The summed E-state index contributed by atoms with van der Waals surface area (Å²) in [6.07, 6.45) is 0. The van der Waals surface area contributed by atoms with Crippen molar-refractivity contribution < 1.29 is 13.3 Å². The Bertz CT molecular complexity index is 966. The molecule has 0 radical (unpaired) electrons. The van der Waals surface area contributed by atoms with E-state index < -0.39 is 20.6 Å². The van der Waals surface area contributed by atoms with Crippen LogP contribution in [-0.2, 0) is 23.1 Å². The zero-order valence-corrected chi connectivity index (χ0v) is 17.3. The number of halogens is 1. The first-order valence-electron chi connectivity index (χ1n) is 7.37. The van der Waals surface area contributed by atoms with E-state index in [0.29, 0.717) is 4.47 Å². The van der Waals surface area contributed by atoms with E-state index in [1.54, 1.807) is 0 Å². The first kappa shape index (κ1) is 19.2. The number of hydrogen-bond acceptors (Lipinski definition) is 6. The number of hydrogen-bond donors (Lipinski definition) is 0. The van der Waals surface area contributed by atoms with Gasteiger partial charge in [0.2, 0.25) is 0 Å². The summed E-state index contributed by atoms with van der Waals surface area (Å²) in [4.78, 5) is 12.1. The standard InChI is InChI=1S/C16H13BrN2O4S3/c17-12-5-6-15(19(20)21)16(9-12)26(22,23)18(10-13-3-1-7-24-13)11-14-4-2-8-25-14/h1-9H,10-11H2. The number of sulfonamides is 1. The van der Waals surface area contributed by atoms with Crippen LogP contribution in [0.4, 0.5) is 5.69 Å². The van der Waals surface area contributed by atoms with Crippen LogP contribution < -0.4 is 0 Å². The molecule has 0 aliphatic carbocycles. The lowest BCUT2D eigenvalue weighted by Gasteiger charge is -2.21. The average Bonchev–Trinajstić information content (AvgIpc) is 3.27. The summed E-state index contributed by atoms with van der Waals surface area (Å²) in [6.45, 7) is 0.309. The highest BCUT2D eigenvalue weighted by Crippen LogP contribution is 2.32. The third kappa shape index (κ3) is 4.21. The molecular weight excluding hydrogens is 460 g/mol. The van der Waals surface area contributed by atoms with Crippen LogP contribution in [0.3, 0.4) is 0 Å². The van der Waals surface area contributed by atoms with E-state index in [9.17, 15) is 18.5 Å². The Morgan fingerprint density at radius 3 is 2.08 bits per heavy atom. The fraction of sp³-hybridized carbons (Fsp3) is 0.125. The van der Waals surface area contributed by atoms with Gasteiger partial charge in [0.05, 0.1) is 4.92 Å². The van der Waals surface area contributed by atoms with Crippen molar-refractivity contribution in [2.24, 2.45) is 0 Å². The molecule has 0 saturated carbocycles. The maximum Gasteiger partial charge on any atom is 0.289 e. The molecule has 0 aliphatic heterocycles. The molecule has 136 valence electrons. The lowest BCUT2D eigenvalue weighted by molar-refractivity contribution is -0.387. The van der Waals surface area contributed by atoms with E-state index in [4.69, 9.17) is 0 Å². The van der Waals surface area contributed by atoms with E-state index in [1.165, 1.54) is 45.2 Å². The van der Waals surface area contributed by atoms with Crippen molar-refractivity contribution in [2.75, 3.05) is 0 Å². The van der Waals surface area contributed by atoms with Gasteiger partial charge in [-0.15, -0.1) is 22.7 Å². The van der Waals surface area contributed by atoms with E-state index in [0.717, 1.165) is 9.75 Å². The van der Waals surface area contributed by atoms with Gasteiger partial charge >= 0.3 is 0 Å². The number of nitrogens with zero attached hydrogens (tertiary/aromatic N) is 2. The zero-order valence-electron chi connectivity index (χ0n) is 13.2. The highest BCUT2D eigenvalue weighted by atomic mass is 79.9. The summed E-state index contributed by atoms with van der Waals surface area (Å²) in [7, 11) is -4.08. The Morgan fingerprint density at radius 1 is 1.04 bits per heavy atom. The molecule has 10 heteroatoms. The zero-order chi connectivity index (χ0) is 18.7. The predicted octanol–water partition coefficient (Wildman–Crippen LogP) is 4.87. The molecule has 26 heavy (non-hydrogen) atoms. The SMILES string of the molecule is O=[N+]([O-])c1ccc(Br)cc1S(=O)(=O)N(Cc1cccs1)Cc1cccs1. The van der Waals surface area contributed by atoms with Crippen molar-refractivity contribution in [1.29, 1.82) is 0 Å². The molecule has 1 aromatic carbocycles. The predicted molar refractivity (Wildman–Crippen MR) is 106 cm³/mol. The Morgan fingerprint density at radius 2 is 1.62 bits per heavy atom. The molecule has 0 amide bonds. The van der Waals surface area contributed by atoms with Gasteiger partial charge < -0.3 is 0 Å². The molecule has 6 nitrogen and oxygen atoms in total. The van der Waals surface area contributed by atoms with E-state index in [1.807, 2.05) is 35.0 Å². The fourth-order valence-corrected chi connectivity index (χ4v) is 6.06. The van der Waals surface area contributed by atoms with Gasteiger partial charge in [0, 0.05) is 33.4 Å². The number of nitro benzene ring substituents is 1. The van der Waals surface area contributed by atoms with Crippen LogP contribution in [0.5, 0.6) is 0 Å². The maximum atomic E-state index is 13.3. The minimum Gasteiger partial charge on any atom is -0.258 e. The van der Waals surface area contributed by atoms with Gasteiger partial charge in [-0.1, -0.05) is 28.1 Å². The van der Waals surface area contributed by atoms with Crippen LogP contribution in [-0.4, -0.2) is 17.6 Å². The molecule has 2 heterocycles. The highest BCUT2D eigenvalue weighted by Gasteiger charge is 2.32. The van der Waals surface area contributed by atoms with Crippen molar-refractivity contribution in [2.45, 2.75) is 18.0 Å². The molecule has 0 unspecified atom stereocenters. The fourth-order valence-electron chi connectivity index (χ4n) is 2.36. The first-order valence-corrected chi connectivity index (χ1v) is 11.4. The Kier molecular flexibility index (Phi) is 5.88. The van der Waals surface area contributed by atoms with Crippen molar-refractivity contribution in [3.63, 3.8) is 0 Å². The minimum atomic E-state index is -4.08. The summed E-state index contributed by atoms with van der Waals surface area (Å²) in [5.41, 5.74) is -0.435. The normalized spacial score (nSPS) is 11.8. The van der Waals surface area contributed by atoms with Gasteiger partial charge in [-0.05, 0) is 35.0 Å². The molecule has 0 bridgehead atoms. The molecule has 0 atom stereocenters. The van der Waals surface area contributed by atoms with Crippen molar-refractivity contribution in [3.8, 4) is 0 Å². The first-order chi connectivity index (χ1) is 12.4. The van der Waals surface area contributed by atoms with Crippen LogP contribution in [0.1, 0.15) is 9.75 Å². The van der Waals surface area contributed by atoms with Crippen molar-refractivity contribution in [3.05, 3.63) is 77.6 Å². The second-order valence-electron chi connectivity index (χ2n) is 5.30. The third-order valence-electron chi connectivity index (χ3n) is 3.56. The van der Waals surface area contributed by atoms with Gasteiger partial charge in [0.25, 0.3) is 15.7 Å². The van der Waals surface area contributed by atoms with Crippen molar-refractivity contribution >= 4 is 54.3 Å². The van der Waals surface area contributed by atoms with Crippen LogP contribution in [0.25, 0.3) is 0 Å². The lowest BCUT2D eigenvalue weighted by atomic mass is 10.3. The van der Waals surface area contributed by atoms with Crippen LogP contribution >= 0.6 is 38.6 Å². The van der Waals surface area contributed by atoms with Crippen molar-refractivity contribution in [1.82, 2.24) is 4.31 Å². The number of thiophene rings is 2. The summed E-state index contributed by atoms with van der Waals surface area (Å²) in [5, 5.41) is 15.1. The topological polar surface area (TPSA) is 80.5 Å². The molecule has 0 fully saturated rings. The largest absolute Gasteiger partial charge is 0.289 e. The Hall–Kier alpha value is -1.59. The second-order valence-corrected chi connectivity index (χ2v) is 10.2. The van der Waals surface area contributed by atoms with Crippen LogP contribution in [0.2, 0.25) is 0 Å². The second kappa shape index (κ2) is 7.97. The lowest BCUT2D eigenvalue weighted by Crippen LogP contribution is -2.30. The average molecular weight is 473 g/mol. The molecule has 3 rings (SSSR count). The van der Waals surface area contributed by atoms with E-state index in [-0.39, 0.29) is 18.0 Å². The van der Waals surface area contributed by atoms with E-state index in [2.05, 4.69) is 15.9 Å². The molecular formula is C16H13BrN2O4S3. The summed E-state index contributed by atoms with van der Waals surface area (Å²) >= 11 is 6.09. The van der Waals surface area contributed by atoms with Gasteiger partial charge in [-0.25, -0.2) is 8.42 Å². The highest BCUT2D eigenvalue weighted by molar-refractivity contribution is 9.10. The molecule has 0 spiro atoms. The Balaban J connectivity index is 2.06. The molecule has 0 aliphatic rings. The Labute approximate surface area is 167 Å². The number of rotatable bonds is 7. The van der Waals surface area contributed by atoms with Gasteiger partial charge in [0.1, 0.15) is 0 Å². The number of benzene rings is 1. The number of nitro groups is 1. The molecule has 0 N–H and O–H groups in total. The monoisotopic (exact) mass is 472 g/mol. The third-order valence-corrected chi connectivity index (χ3v) is 7.60. The summed E-state index contributed by atoms with van der Waals surface area (Å²) in [5.74, 6) is 0. The van der Waals surface area contributed by atoms with Gasteiger partial charge in [0.15, 0.2) is 4.90 Å². The summed E-state index contributed by atoms with van der Waals surface area (Å²) < 4.78 is 28.3. The minimum absolute atomic E-state index is 0.154. The van der Waals surface area contributed by atoms with E-state index >= 15 is 0 Å². The summed E-state index contributed by atoms with van der Waals surface area (Å²) in [6, 6.07) is 11.3. The smallest absolute Gasteiger partial charge is 0.258 e. The van der Waals surface area contributed by atoms with Gasteiger partial charge in [-0.3, -0.25) is 10.1 Å². The van der Waals surface area contributed by atoms with Gasteiger partial charge in [-0.2, -0.15) is 4.31 Å². The van der Waals surface area contributed by atoms with Crippen LogP contribution in [0, 0.1) is 10.1 Å². The molecule has 3 aromatic rings. The maximum absolute atomic E-state index is 13.3. The quantitative estimate of drug-likeness (QED) is 0.362.